The van der Waals surface area contributed by atoms with Crippen LogP contribution in [-0.2, 0) is 4.79 Å². The van der Waals surface area contributed by atoms with Gasteiger partial charge >= 0.3 is 0 Å². The minimum absolute atomic E-state index is 0.0526. The molecule has 0 radical (unpaired) electrons. The lowest BCUT2D eigenvalue weighted by Crippen LogP contribution is -2.19. The van der Waals surface area contributed by atoms with Crippen molar-refractivity contribution in [3.8, 4) is 0 Å². The van der Waals surface area contributed by atoms with Crippen LogP contribution in [0.3, 0.4) is 0 Å². The first-order valence-corrected chi connectivity index (χ1v) is 7.87. The van der Waals surface area contributed by atoms with E-state index in [1.807, 2.05) is 16.7 Å². The van der Waals surface area contributed by atoms with Crippen molar-refractivity contribution in [1.29, 1.82) is 0 Å². The van der Waals surface area contributed by atoms with E-state index in [1.54, 1.807) is 20.2 Å². The molecule has 0 aliphatic heterocycles. The summed E-state index contributed by atoms with van der Waals surface area (Å²) < 4.78 is 1.89. The molecule has 0 aromatic carbocycles. The molecule has 1 aliphatic carbocycles. The molecule has 0 bridgehead atoms. The van der Waals surface area contributed by atoms with Crippen molar-refractivity contribution >= 4 is 34.6 Å². The van der Waals surface area contributed by atoms with Crippen molar-refractivity contribution in [3.63, 3.8) is 0 Å². The van der Waals surface area contributed by atoms with Crippen molar-refractivity contribution in [3.05, 3.63) is 23.6 Å². The third-order valence-corrected chi connectivity index (χ3v) is 4.14. The standard InChI is InChI=1S/C15H18ClN5O2/c1-8(2)14(23)20-15-18-12(16)11-13(19-15)21(7-17-11)10-4-3-9(5-10)6-22/h3-4,7-10,22H,5-6H2,1-2H3,(H,18,19,20,23)/t9-,10+/m0/s1. The van der Waals surface area contributed by atoms with Gasteiger partial charge in [0.1, 0.15) is 5.52 Å². The minimum Gasteiger partial charge on any atom is -0.396 e. The molecule has 0 unspecified atom stereocenters. The highest BCUT2D eigenvalue weighted by atomic mass is 35.5. The second-order valence-electron chi connectivity index (χ2n) is 5.94. The summed E-state index contributed by atoms with van der Waals surface area (Å²) in [6, 6.07) is 0.0526. The van der Waals surface area contributed by atoms with Crippen LogP contribution in [-0.4, -0.2) is 37.1 Å². The zero-order valence-electron chi connectivity index (χ0n) is 12.9. The number of fused-ring (bicyclic) bond motifs is 1. The van der Waals surface area contributed by atoms with Gasteiger partial charge in [0.05, 0.1) is 12.4 Å². The quantitative estimate of drug-likeness (QED) is 0.660. The lowest BCUT2D eigenvalue weighted by molar-refractivity contribution is -0.118. The van der Waals surface area contributed by atoms with Gasteiger partial charge in [-0.15, -0.1) is 0 Å². The monoisotopic (exact) mass is 335 g/mol. The number of halogens is 1. The number of nitrogens with zero attached hydrogens (tertiary/aromatic N) is 4. The zero-order valence-corrected chi connectivity index (χ0v) is 13.7. The molecule has 0 spiro atoms. The Kier molecular flexibility index (Phi) is 4.32. The molecule has 2 aromatic rings. The van der Waals surface area contributed by atoms with E-state index in [9.17, 15) is 9.90 Å². The number of aliphatic hydroxyl groups excluding tert-OH is 1. The molecule has 7 nitrogen and oxygen atoms in total. The Morgan fingerprint density at radius 1 is 1.48 bits per heavy atom. The molecule has 23 heavy (non-hydrogen) atoms. The Morgan fingerprint density at radius 3 is 2.91 bits per heavy atom. The summed E-state index contributed by atoms with van der Waals surface area (Å²) in [5.41, 5.74) is 1.06. The van der Waals surface area contributed by atoms with Crippen LogP contribution in [0.2, 0.25) is 5.15 Å². The summed E-state index contributed by atoms with van der Waals surface area (Å²) >= 11 is 6.16. The number of carbonyl (C=O) groups excluding carboxylic acids is 1. The second-order valence-corrected chi connectivity index (χ2v) is 6.29. The fourth-order valence-corrected chi connectivity index (χ4v) is 2.74. The molecular formula is C15H18ClN5O2. The number of carbonyl (C=O) groups is 1. The summed E-state index contributed by atoms with van der Waals surface area (Å²) in [5.74, 6) is -0.0489. The number of aliphatic hydroxyl groups is 1. The lowest BCUT2D eigenvalue weighted by Gasteiger charge is -2.13. The normalized spacial score (nSPS) is 20.6. The number of nitrogens with one attached hydrogen (secondary N) is 1. The van der Waals surface area contributed by atoms with Gasteiger partial charge in [-0.25, -0.2) is 4.98 Å². The smallest absolute Gasteiger partial charge is 0.232 e. The molecule has 1 amide bonds. The molecule has 3 rings (SSSR count). The van der Waals surface area contributed by atoms with E-state index in [1.165, 1.54) is 0 Å². The van der Waals surface area contributed by atoms with Gasteiger partial charge in [0.2, 0.25) is 11.9 Å². The Morgan fingerprint density at radius 2 is 2.26 bits per heavy atom. The summed E-state index contributed by atoms with van der Waals surface area (Å²) in [6.07, 6.45) is 6.44. The van der Waals surface area contributed by atoms with Crippen LogP contribution < -0.4 is 5.32 Å². The number of hydrogen-bond donors (Lipinski definition) is 2. The second kappa shape index (κ2) is 6.25. The molecule has 0 saturated heterocycles. The third-order valence-electron chi connectivity index (χ3n) is 3.88. The Bertz CT molecular complexity index is 771. The predicted octanol–water partition coefficient (Wildman–Crippen LogP) is 2.18. The maximum Gasteiger partial charge on any atom is 0.232 e. The Hall–Kier alpha value is -1.99. The number of imidazole rings is 1. The first kappa shape index (κ1) is 15.9. The van der Waals surface area contributed by atoms with Gasteiger partial charge in [-0.2, -0.15) is 9.97 Å². The van der Waals surface area contributed by atoms with Gasteiger partial charge in [0, 0.05) is 18.4 Å². The highest BCUT2D eigenvalue weighted by Crippen LogP contribution is 2.31. The average molecular weight is 336 g/mol. The average Bonchev–Trinajstić information content (AvgIpc) is 3.12. The molecular weight excluding hydrogens is 318 g/mol. The molecule has 2 N–H and O–H groups in total. The molecule has 2 atom stereocenters. The van der Waals surface area contributed by atoms with Gasteiger partial charge in [0.25, 0.3) is 0 Å². The summed E-state index contributed by atoms with van der Waals surface area (Å²) in [5, 5.41) is 12.1. The summed E-state index contributed by atoms with van der Waals surface area (Å²) in [7, 11) is 0. The Labute approximate surface area is 138 Å². The summed E-state index contributed by atoms with van der Waals surface area (Å²) in [6.45, 7) is 3.70. The number of hydrogen-bond acceptors (Lipinski definition) is 5. The van der Waals surface area contributed by atoms with E-state index in [2.05, 4.69) is 20.3 Å². The van der Waals surface area contributed by atoms with Gasteiger partial charge in [0.15, 0.2) is 10.8 Å². The lowest BCUT2D eigenvalue weighted by atomic mass is 10.1. The Balaban J connectivity index is 1.96. The highest BCUT2D eigenvalue weighted by Gasteiger charge is 2.23. The van der Waals surface area contributed by atoms with Crippen LogP contribution in [0, 0.1) is 11.8 Å². The molecule has 2 aromatic heterocycles. The number of rotatable bonds is 4. The van der Waals surface area contributed by atoms with Crippen LogP contribution >= 0.6 is 11.6 Å². The van der Waals surface area contributed by atoms with Gasteiger partial charge in [-0.05, 0) is 6.42 Å². The van der Waals surface area contributed by atoms with Crippen molar-refractivity contribution < 1.29 is 9.90 Å². The van der Waals surface area contributed by atoms with Crippen molar-refractivity contribution in [2.75, 3.05) is 11.9 Å². The molecule has 0 fully saturated rings. The third kappa shape index (κ3) is 3.07. The van der Waals surface area contributed by atoms with Crippen LogP contribution in [0.1, 0.15) is 26.3 Å². The van der Waals surface area contributed by atoms with E-state index >= 15 is 0 Å². The maximum absolute atomic E-state index is 11.8. The van der Waals surface area contributed by atoms with E-state index in [-0.39, 0.29) is 41.5 Å². The van der Waals surface area contributed by atoms with Crippen LogP contribution in [0.5, 0.6) is 0 Å². The van der Waals surface area contributed by atoms with Gasteiger partial charge < -0.3 is 9.67 Å². The summed E-state index contributed by atoms with van der Waals surface area (Å²) in [4.78, 5) is 24.6. The van der Waals surface area contributed by atoms with Gasteiger partial charge in [-0.3, -0.25) is 10.1 Å². The topological polar surface area (TPSA) is 92.9 Å². The number of anilines is 1. The molecule has 1 aliphatic rings. The van der Waals surface area contributed by atoms with Crippen LogP contribution in [0.4, 0.5) is 5.95 Å². The highest BCUT2D eigenvalue weighted by molar-refractivity contribution is 6.33. The van der Waals surface area contributed by atoms with Crippen molar-refractivity contribution in [1.82, 2.24) is 19.5 Å². The maximum atomic E-state index is 11.8. The zero-order chi connectivity index (χ0) is 16.6. The number of allylic oxidation sites excluding steroid dienone is 1. The SMILES string of the molecule is CC(C)C(=O)Nc1nc(Cl)c2ncn([C@@H]3C=C[C@H](CO)C3)c2n1. The number of amides is 1. The van der Waals surface area contributed by atoms with Gasteiger partial charge in [-0.1, -0.05) is 37.6 Å². The van der Waals surface area contributed by atoms with E-state index < -0.39 is 0 Å². The van der Waals surface area contributed by atoms with Crippen molar-refractivity contribution in [2.45, 2.75) is 26.3 Å². The fraction of sp³-hybridized carbons (Fsp3) is 0.467. The van der Waals surface area contributed by atoms with Crippen molar-refractivity contribution in [2.24, 2.45) is 11.8 Å². The van der Waals surface area contributed by atoms with E-state index in [0.717, 1.165) is 6.42 Å². The van der Waals surface area contributed by atoms with Crippen LogP contribution in [0.25, 0.3) is 11.2 Å². The first-order valence-electron chi connectivity index (χ1n) is 7.49. The largest absolute Gasteiger partial charge is 0.396 e. The fourth-order valence-electron chi connectivity index (χ4n) is 2.53. The molecule has 122 valence electrons. The first-order chi connectivity index (χ1) is 11.0. The molecule has 8 heteroatoms. The van der Waals surface area contributed by atoms with Crippen LogP contribution in [0.15, 0.2) is 18.5 Å². The van der Waals surface area contributed by atoms with E-state index in [0.29, 0.717) is 11.2 Å². The number of aromatic nitrogens is 4. The molecule has 2 heterocycles. The molecule has 0 saturated carbocycles. The predicted molar refractivity (Wildman–Crippen MR) is 87.2 cm³/mol. The van der Waals surface area contributed by atoms with E-state index in [4.69, 9.17) is 11.6 Å². The minimum atomic E-state index is -0.180.